The van der Waals surface area contributed by atoms with Crippen LogP contribution in [0.5, 0.6) is 11.5 Å². The average Bonchev–Trinajstić information content (AvgIpc) is 2.82. The summed E-state index contributed by atoms with van der Waals surface area (Å²) in [4.78, 5) is 15.2. The Labute approximate surface area is 184 Å². The Morgan fingerprint density at radius 1 is 1.00 bits per heavy atom. The molecule has 1 amide bonds. The highest BCUT2D eigenvalue weighted by atomic mass is 16.5. The topological polar surface area (TPSA) is 59.0 Å². The Balaban J connectivity index is 1.61. The summed E-state index contributed by atoms with van der Waals surface area (Å²) >= 11 is 0. The molecule has 5 heteroatoms. The van der Waals surface area contributed by atoms with Crippen LogP contribution in [0.15, 0.2) is 54.6 Å². The van der Waals surface area contributed by atoms with Gasteiger partial charge in [0.15, 0.2) is 0 Å². The van der Waals surface area contributed by atoms with Crippen molar-refractivity contribution in [2.75, 3.05) is 20.8 Å². The van der Waals surface area contributed by atoms with Crippen LogP contribution in [0.3, 0.4) is 0 Å². The predicted molar refractivity (Wildman–Crippen MR) is 121 cm³/mol. The van der Waals surface area contributed by atoms with Gasteiger partial charge in [-0.15, -0.1) is 0 Å². The number of fused-ring (bicyclic) bond motifs is 1. The van der Waals surface area contributed by atoms with Crippen LogP contribution >= 0.6 is 0 Å². The third-order valence-electron chi connectivity index (χ3n) is 6.84. The molecule has 0 bridgehead atoms. The summed E-state index contributed by atoms with van der Waals surface area (Å²) < 4.78 is 10.5. The molecule has 1 aliphatic heterocycles. The van der Waals surface area contributed by atoms with Gasteiger partial charge in [-0.3, -0.25) is 4.79 Å². The first kappa shape index (κ1) is 21.4. The highest BCUT2D eigenvalue weighted by Gasteiger charge is 2.49. The maximum atomic E-state index is 13.3. The van der Waals surface area contributed by atoms with Crippen molar-refractivity contribution in [2.45, 2.75) is 43.7 Å². The molecular weight excluding hydrogens is 390 g/mol. The van der Waals surface area contributed by atoms with Crippen LogP contribution in [0.1, 0.15) is 49.3 Å². The van der Waals surface area contributed by atoms with Gasteiger partial charge < -0.3 is 19.5 Å². The molecule has 3 atom stereocenters. The molecule has 0 spiro atoms. The molecular formula is C26H31NO4. The largest absolute Gasteiger partial charge is 0.497 e. The zero-order valence-electron chi connectivity index (χ0n) is 18.3. The van der Waals surface area contributed by atoms with Crippen molar-refractivity contribution in [2.24, 2.45) is 5.92 Å². The number of ether oxygens (including phenoxy) is 2. The van der Waals surface area contributed by atoms with Gasteiger partial charge in [-0.1, -0.05) is 37.1 Å². The Hall–Kier alpha value is -2.79. The maximum Gasteiger partial charge on any atom is 0.247 e. The number of methoxy groups -OCH3 is 2. The summed E-state index contributed by atoms with van der Waals surface area (Å²) in [5.74, 6) is 1.59. The minimum atomic E-state index is -0.695. The van der Waals surface area contributed by atoms with Crippen molar-refractivity contribution in [1.29, 1.82) is 0 Å². The fourth-order valence-electron chi connectivity index (χ4n) is 5.12. The predicted octanol–water partition coefficient (Wildman–Crippen LogP) is 4.61. The molecule has 0 unspecified atom stereocenters. The number of rotatable bonds is 5. The van der Waals surface area contributed by atoms with E-state index in [0.717, 1.165) is 48.3 Å². The summed E-state index contributed by atoms with van der Waals surface area (Å²) in [6.45, 7) is 0.551. The van der Waals surface area contributed by atoms with Gasteiger partial charge in [0.1, 0.15) is 11.5 Å². The smallest absolute Gasteiger partial charge is 0.247 e. The molecule has 2 aromatic rings. The fraction of sp³-hybridized carbons (Fsp3) is 0.423. The Bertz CT molecular complexity index is 921. The van der Waals surface area contributed by atoms with Gasteiger partial charge in [0, 0.05) is 18.5 Å². The maximum absolute atomic E-state index is 13.3. The van der Waals surface area contributed by atoms with Crippen LogP contribution in [0, 0.1) is 5.92 Å². The molecule has 2 aromatic carbocycles. The molecule has 1 heterocycles. The third kappa shape index (κ3) is 4.47. The van der Waals surface area contributed by atoms with E-state index in [-0.39, 0.29) is 17.9 Å². The van der Waals surface area contributed by atoms with Crippen molar-refractivity contribution in [3.05, 3.63) is 65.7 Å². The Kier molecular flexibility index (Phi) is 6.33. The molecule has 5 nitrogen and oxygen atoms in total. The van der Waals surface area contributed by atoms with Crippen molar-refractivity contribution < 1.29 is 19.4 Å². The lowest BCUT2D eigenvalue weighted by molar-refractivity contribution is -0.150. The van der Waals surface area contributed by atoms with E-state index in [1.807, 2.05) is 59.5 Å². The van der Waals surface area contributed by atoms with Crippen LogP contribution in [-0.4, -0.2) is 42.3 Å². The fourth-order valence-corrected chi connectivity index (χ4v) is 5.12. The van der Waals surface area contributed by atoms with Crippen LogP contribution in [0.4, 0.5) is 0 Å². The molecule has 2 aliphatic rings. The molecule has 1 saturated carbocycles. The van der Waals surface area contributed by atoms with E-state index in [0.29, 0.717) is 13.0 Å². The van der Waals surface area contributed by atoms with E-state index >= 15 is 0 Å². The molecule has 1 N–H and O–H groups in total. The second-order valence-corrected chi connectivity index (χ2v) is 8.56. The first-order valence-corrected chi connectivity index (χ1v) is 11.0. The third-order valence-corrected chi connectivity index (χ3v) is 6.84. The minimum Gasteiger partial charge on any atom is -0.497 e. The van der Waals surface area contributed by atoms with Gasteiger partial charge in [0.25, 0.3) is 0 Å². The number of likely N-dealkylation sites (tertiary alicyclic amines) is 1. The van der Waals surface area contributed by atoms with Crippen LogP contribution in [0.2, 0.25) is 0 Å². The highest BCUT2D eigenvalue weighted by molar-refractivity contribution is 5.92. The summed E-state index contributed by atoms with van der Waals surface area (Å²) in [6, 6.07) is 15.4. The molecule has 1 saturated heterocycles. The van der Waals surface area contributed by atoms with Crippen LogP contribution in [-0.2, 0) is 4.79 Å². The summed E-state index contributed by atoms with van der Waals surface area (Å²) in [5, 5.41) is 11.4. The average molecular weight is 422 g/mol. The first-order valence-electron chi connectivity index (χ1n) is 11.0. The van der Waals surface area contributed by atoms with Gasteiger partial charge in [-0.2, -0.15) is 0 Å². The number of benzene rings is 2. The van der Waals surface area contributed by atoms with Crippen LogP contribution in [0.25, 0.3) is 6.08 Å². The van der Waals surface area contributed by atoms with E-state index in [4.69, 9.17) is 9.47 Å². The van der Waals surface area contributed by atoms with Crippen molar-refractivity contribution in [1.82, 2.24) is 4.90 Å². The second kappa shape index (κ2) is 9.15. The summed E-state index contributed by atoms with van der Waals surface area (Å²) in [7, 11) is 3.28. The molecule has 2 fully saturated rings. The number of carbonyl (C=O) groups is 1. The van der Waals surface area contributed by atoms with Crippen LogP contribution < -0.4 is 9.47 Å². The van der Waals surface area contributed by atoms with Gasteiger partial charge in [-0.05, 0) is 60.7 Å². The van der Waals surface area contributed by atoms with Gasteiger partial charge in [-0.25, -0.2) is 0 Å². The quantitative estimate of drug-likeness (QED) is 0.716. The lowest BCUT2D eigenvalue weighted by atomic mass is 9.66. The molecule has 31 heavy (non-hydrogen) atoms. The Morgan fingerprint density at radius 3 is 2.29 bits per heavy atom. The summed E-state index contributed by atoms with van der Waals surface area (Å²) in [6.07, 6.45) is 8.00. The number of carbonyl (C=O) groups excluding carboxylic acids is 1. The zero-order chi connectivity index (χ0) is 21.8. The molecule has 0 aromatic heterocycles. The SMILES string of the molecule is COc1ccc(/C=C/C(=O)N2CC[C@@]3(O)CCCC[C@@H]3[C@@H]2c2ccc(OC)cc2)cc1. The summed E-state index contributed by atoms with van der Waals surface area (Å²) in [5.41, 5.74) is 1.30. The second-order valence-electron chi connectivity index (χ2n) is 8.56. The monoisotopic (exact) mass is 421 g/mol. The van der Waals surface area contributed by atoms with Crippen molar-refractivity contribution >= 4 is 12.0 Å². The number of hydrogen-bond acceptors (Lipinski definition) is 4. The Morgan fingerprint density at radius 2 is 1.65 bits per heavy atom. The molecule has 0 radical (unpaired) electrons. The van der Waals surface area contributed by atoms with E-state index in [2.05, 4.69) is 0 Å². The number of piperidine rings is 1. The number of amides is 1. The first-order chi connectivity index (χ1) is 15.0. The molecule has 4 rings (SSSR count). The highest BCUT2D eigenvalue weighted by Crippen LogP contribution is 2.49. The number of hydrogen-bond donors (Lipinski definition) is 1. The van der Waals surface area contributed by atoms with Crippen molar-refractivity contribution in [3.8, 4) is 11.5 Å². The molecule has 1 aliphatic carbocycles. The van der Waals surface area contributed by atoms with E-state index in [1.54, 1.807) is 20.3 Å². The number of nitrogens with zero attached hydrogens (tertiary/aromatic N) is 1. The van der Waals surface area contributed by atoms with E-state index < -0.39 is 5.60 Å². The van der Waals surface area contributed by atoms with E-state index in [9.17, 15) is 9.90 Å². The van der Waals surface area contributed by atoms with Gasteiger partial charge in [0.05, 0.1) is 25.9 Å². The minimum absolute atomic E-state index is 0.0238. The molecule has 164 valence electrons. The zero-order valence-corrected chi connectivity index (χ0v) is 18.3. The number of aliphatic hydroxyl groups is 1. The van der Waals surface area contributed by atoms with Gasteiger partial charge in [0.2, 0.25) is 5.91 Å². The van der Waals surface area contributed by atoms with Crippen molar-refractivity contribution in [3.63, 3.8) is 0 Å². The standard InChI is InChI=1S/C26H31NO4/c1-30-21-11-6-19(7-12-21)8-15-24(28)27-18-17-26(29)16-4-3-5-23(26)25(27)20-9-13-22(31-2)14-10-20/h6-15,23,25,29H,3-5,16-18H2,1-2H3/b15-8+/t23-,25+,26+/m1/s1. The normalized spacial score (nSPS) is 25.8. The van der Waals surface area contributed by atoms with E-state index in [1.165, 1.54) is 0 Å². The lowest BCUT2D eigenvalue weighted by Gasteiger charge is -2.52. The van der Waals surface area contributed by atoms with Gasteiger partial charge >= 0.3 is 0 Å². The lowest BCUT2D eigenvalue weighted by Crippen LogP contribution is -2.56.